The van der Waals surface area contributed by atoms with Gasteiger partial charge in [0.25, 0.3) is 0 Å². The van der Waals surface area contributed by atoms with Crippen LogP contribution in [0.3, 0.4) is 0 Å². The van der Waals surface area contributed by atoms with Crippen molar-refractivity contribution in [1.29, 1.82) is 0 Å². The molecule has 104 valence electrons. The van der Waals surface area contributed by atoms with Gasteiger partial charge in [0.1, 0.15) is 0 Å². The van der Waals surface area contributed by atoms with Gasteiger partial charge in [-0.3, -0.25) is 0 Å². The SMILES string of the molecule is OC1(c2ccc3ccccc3c2)CCN(C2CC2)CC1. The van der Waals surface area contributed by atoms with Crippen LogP contribution in [0, 0.1) is 0 Å². The Morgan fingerprint density at radius 1 is 0.950 bits per heavy atom. The predicted molar refractivity (Wildman–Crippen MR) is 81.7 cm³/mol. The highest BCUT2D eigenvalue weighted by molar-refractivity contribution is 5.83. The van der Waals surface area contributed by atoms with Crippen molar-refractivity contribution in [2.75, 3.05) is 13.1 Å². The molecule has 0 aromatic heterocycles. The molecule has 0 spiro atoms. The Balaban J connectivity index is 1.61. The van der Waals surface area contributed by atoms with Crippen LogP contribution in [-0.4, -0.2) is 29.1 Å². The molecule has 0 radical (unpaired) electrons. The minimum absolute atomic E-state index is 0.630. The molecule has 2 aromatic rings. The molecule has 4 rings (SSSR count). The van der Waals surface area contributed by atoms with Crippen LogP contribution in [-0.2, 0) is 5.60 Å². The second-order valence-corrected chi connectivity index (χ2v) is 6.36. The standard InChI is InChI=1S/C18H21NO/c20-18(9-11-19(12-10-18)17-7-8-17)16-6-5-14-3-1-2-4-15(14)13-16/h1-6,13,17,20H,7-12H2. The Labute approximate surface area is 120 Å². The smallest absolute Gasteiger partial charge is 0.0921 e. The molecule has 1 saturated heterocycles. The Hall–Kier alpha value is -1.38. The number of fused-ring (bicyclic) bond motifs is 1. The summed E-state index contributed by atoms with van der Waals surface area (Å²) in [4.78, 5) is 2.55. The third-order valence-corrected chi connectivity index (χ3v) is 4.98. The van der Waals surface area contributed by atoms with Crippen molar-refractivity contribution in [3.63, 3.8) is 0 Å². The van der Waals surface area contributed by atoms with Crippen molar-refractivity contribution in [3.8, 4) is 0 Å². The summed E-state index contributed by atoms with van der Waals surface area (Å²) < 4.78 is 0. The number of nitrogens with zero attached hydrogens (tertiary/aromatic N) is 1. The molecule has 0 amide bonds. The first kappa shape index (κ1) is 12.4. The van der Waals surface area contributed by atoms with E-state index in [4.69, 9.17) is 0 Å². The lowest BCUT2D eigenvalue weighted by atomic mass is 9.83. The zero-order valence-electron chi connectivity index (χ0n) is 11.8. The molecule has 1 saturated carbocycles. The van der Waals surface area contributed by atoms with Crippen LogP contribution < -0.4 is 0 Å². The van der Waals surface area contributed by atoms with Gasteiger partial charge in [-0.1, -0.05) is 36.4 Å². The number of likely N-dealkylation sites (tertiary alicyclic amines) is 1. The van der Waals surface area contributed by atoms with E-state index in [1.165, 1.54) is 23.6 Å². The van der Waals surface area contributed by atoms with Crippen LogP contribution in [0.2, 0.25) is 0 Å². The molecule has 2 aromatic carbocycles. The first-order chi connectivity index (χ1) is 9.74. The van der Waals surface area contributed by atoms with Crippen molar-refractivity contribution >= 4 is 10.8 Å². The summed E-state index contributed by atoms with van der Waals surface area (Å²) in [6.07, 6.45) is 4.44. The molecule has 1 heterocycles. The van der Waals surface area contributed by atoms with Gasteiger partial charge in [-0.25, -0.2) is 0 Å². The number of rotatable bonds is 2. The Bertz CT molecular complexity index is 624. The maximum atomic E-state index is 11.0. The lowest BCUT2D eigenvalue weighted by Gasteiger charge is -2.38. The average molecular weight is 267 g/mol. The van der Waals surface area contributed by atoms with Gasteiger partial charge in [0.05, 0.1) is 5.60 Å². The van der Waals surface area contributed by atoms with Gasteiger partial charge < -0.3 is 10.0 Å². The topological polar surface area (TPSA) is 23.5 Å². The second-order valence-electron chi connectivity index (χ2n) is 6.36. The molecule has 2 heteroatoms. The van der Waals surface area contributed by atoms with Gasteiger partial charge in [-0.15, -0.1) is 0 Å². The molecule has 0 bridgehead atoms. The number of piperidine rings is 1. The third-order valence-electron chi connectivity index (χ3n) is 4.98. The fourth-order valence-electron chi connectivity index (χ4n) is 3.47. The Kier molecular flexibility index (Phi) is 2.83. The summed E-state index contributed by atoms with van der Waals surface area (Å²) in [5, 5.41) is 13.5. The van der Waals surface area contributed by atoms with E-state index >= 15 is 0 Å². The third kappa shape index (κ3) is 2.13. The summed E-state index contributed by atoms with van der Waals surface area (Å²) in [7, 11) is 0. The molecule has 1 aliphatic heterocycles. The minimum atomic E-state index is -0.630. The van der Waals surface area contributed by atoms with Crippen LogP contribution in [0.4, 0.5) is 0 Å². The predicted octanol–water partition coefficient (Wildman–Crippen LogP) is 3.29. The number of aliphatic hydroxyl groups is 1. The molecular formula is C18H21NO. The lowest BCUT2D eigenvalue weighted by molar-refractivity contribution is -0.0276. The average Bonchev–Trinajstić information content (AvgIpc) is 3.32. The maximum Gasteiger partial charge on any atom is 0.0921 e. The van der Waals surface area contributed by atoms with E-state index < -0.39 is 5.60 Å². The Morgan fingerprint density at radius 3 is 2.35 bits per heavy atom. The monoisotopic (exact) mass is 267 g/mol. The van der Waals surface area contributed by atoms with Crippen molar-refractivity contribution in [1.82, 2.24) is 4.90 Å². The molecule has 2 fully saturated rings. The molecule has 0 unspecified atom stereocenters. The van der Waals surface area contributed by atoms with Gasteiger partial charge in [0.15, 0.2) is 0 Å². The van der Waals surface area contributed by atoms with Crippen LogP contribution in [0.1, 0.15) is 31.2 Å². The summed E-state index contributed by atoms with van der Waals surface area (Å²) in [6, 6.07) is 15.6. The van der Waals surface area contributed by atoms with E-state index in [1.807, 2.05) is 0 Å². The molecule has 1 aliphatic carbocycles. The highest BCUT2D eigenvalue weighted by Crippen LogP contribution is 2.38. The van der Waals surface area contributed by atoms with E-state index in [1.54, 1.807) is 0 Å². The van der Waals surface area contributed by atoms with Gasteiger partial charge >= 0.3 is 0 Å². The van der Waals surface area contributed by atoms with Crippen molar-refractivity contribution in [2.45, 2.75) is 37.3 Å². The van der Waals surface area contributed by atoms with Crippen LogP contribution in [0.5, 0.6) is 0 Å². The van der Waals surface area contributed by atoms with Crippen LogP contribution in [0.15, 0.2) is 42.5 Å². The summed E-state index contributed by atoms with van der Waals surface area (Å²) in [6.45, 7) is 2.07. The van der Waals surface area contributed by atoms with Crippen LogP contribution in [0.25, 0.3) is 10.8 Å². The molecule has 1 N–H and O–H groups in total. The van der Waals surface area contributed by atoms with Crippen LogP contribution >= 0.6 is 0 Å². The summed E-state index contributed by atoms with van der Waals surface area (Å²) in [5.74, 6) is 0. The van der Waals surface area contributed by atoms with Gasteiger partial charge in [0, 0.05) is 19.1 Å². The molecule has 0 atom stereocenters. The number of benzene rings is 2. The molecule has 20 heavy (non-hydrogen) atoms. The van der Waals surface area contributed by atoms with E-state index in [9.17, 15) is 5.11 Å². The number of hydrogen-bond donors (Lipinski definition) is 1. The molecule has 2 nitrogen and oxygen atoms in total. The van der Waals surface area contributed by atoms with Crippen molar-refractivity contribution in [3.05, 3.63) is 48.0 Å². The fourth-order valence-corrected chi connectivity index (χ4v) is 3.47. The Morgan fingerprint density at radius 2 is 1.65 bits per heavy atom. The maximum absolute atomic E-state index is 11.0. The fraction of sp³-hybridized carbons (Fsp3) is 0.444. The first-order valence-corrected chi connectivity index (χ1v) is 7.70. The second kappa shape index (κ2) is 4.57. The zero-order chi connectivity index (χ0) is 13.6. The highest BCUT2D eigenvalue weighted by Gasteiger charge is 2.38. The van der Waals surface area contributed by atoms with Crippen molar-refractivity contribution < 1.29 is 5.11 Å². The number of hydrogen-bond acceptors (Lipinski definition) is 2. The summed E-state index contributed by atoms with van der Waals surface area (Å²) >= 11 is 0. The molecule has 2 aliphatic rings. The lowest BCUT2D eigenvalue weighted by Crippen LogP contribution is -2.43. The zero-order valence-corrected chi connectivity index (χ0v) is 11.8. The minimum Gasteiger partial charge on any atom is -0.385 e. The first-order valence-electron chi connectivity index (χ1n) is 7.70. The normalized spacial score (nSPS) is 23.1. The van der Waals surface area contributed by atoms with Crippen molar-refractivity contribution in [2.24, 2.45) is 0 Å². The van der Waals surface area contributed by atoms with Gasteiger partial charge in [-0.2, -0.15) is 0 Å². The summed E-state index contributed by atoms with van der Waals surface area (Å²) in [5.41, 5.74) is 0.460. The van der Waals surface area contributed by atoms with E-state index in [2.05, 4.69) is 47.4 Å². The highest BCUT2D eigenvalue weighted by atomic mass is 16.3. The van der Waals surface area contributed by atoms with E-state index in [-0.39, 0.29) is 0 Å². The van der Waals surface area contributed by atoms with Gasteiger partial charge in [-0.05, 0) is 48.1 Å². The van der Waals surface area contributed by atoms with Gasteiger partial charge in [0.2, 0.25) is 0 Å². The van der Waals surface area contributed by atoms with E-state index in [0.717, 1.165) is 37.5 Å². The quantitative estimate of drug-likeness (QED) is 0.902. The van der Waals surface area contributed by atoms with E-state index in [0.29, 0.717) is 0 Å². The largest absolute Gasteiger partial charge is 0.385 e. The molecular weight excluding hydrogens is 246 g/mol.